The average Bonchev–Trinajstić information content (AvgIpc) is 2.34. The molecule has 1 aromatic carbocycles. The lowest BCUT2D eigenvalue weighted by Gasteiger charge is -2.20. The zero-order chi connectivity index (χ0) is 13.5. The molecule has 0 aliphatic rings. The van der Waals surface area contributed by atoms with E-state index < -0.39 is 0 Å². The minimum absolute atomic E-state index is 0.0864. The highest BCUT2D eigenvalue weighted by atomic mass is 16.5. The number of rotatable bonds is 6. The van der Waals surface area contributed by atoms with E-state index in [1.54, 1.807) is 24.3 Å². The molecule has 0 fully saturated rings. The molecule has 0 radical (unpaired) electrons. The van der Waals surface area contributed by atoms with E-state index in [1.165, 1.54) is 0 Å². The van der Waals surface area contributed by atoms with Gasteiger partial charge in [0, 0.05) is 0 Å². The van der Waals surface area contributed by atoms with Crippen LogP contribution in [-0.4, -0.2) is 30.3 Å². The Morgan fingerprint density at radius 1 is 1.44 bits per heavy atom. The molecule has 1 rings (SSSR count). The van der Waals surface area contributed by atoms with Gasteiger partial charge in [-0.2, -0.15) is 0 Å². The molecule has 0 bridgehead atoms. The van der Waals surface area contributed by atoms with Crippen LogP contribution in [0, 0.1) is 5.92 Å². The largest absolute Gasteiger partial charge is 0.482 e. The molecule has 18 heavy (non-hydrogen) atoms. The molecule has 0 aliphatic carbocycles. The number of nitrogen functional groups attached to an aromatic ring is 1. The second kappa shape index (κ2) is 6.86. The topological polar surface area (TPSA) is 84.6 Å². The fourth-order valence-corrected chi connectivity index (χ4v) is 1.43. The van der Waals surface area contributed by atoms with E-state index in [4.69, 9.17) is 15.6 Å². The van der Waals surface area contributed by atoms with E-state index in [0.29, 0.717) is 11.4 Å². The lowest BCUT2D eigenvalue weighted by molar-refractivity contribution is -0.124. The van der Waals surface area contributed by atoms with Crippen molar-refractivity contribution >= 4 is 11.6 Å². The van der Waals surface area contributed by atoms with E-state index in [0.717, 1.165) is 0 Å². The van der Waals surface area contributed by atoms with Gasteiger partial charge in [0.05, 0.1) is 18.3 Å². The van der Waals surface area contributed by atoms with Gasteiger partial charge in [0.1, 0.15) is 5.75 Å². The second-order valence-corrected chi connectivity index (χ2v) is 4.43. The number of anilines is 1. The fourth-order valence-electron chi connectivity index (χ4n) is 1.43. The average molecular weight is 252 g/mol. The van der Waals surface area contributed by atoms with Crippen molar-refractivity contribution in [2.75, 3.05) is 18.9 Å². The maximum absolute atomic E-state index is 11.6. The lowest BCUT2D eigenvalue weighted by Crippen LogP contribution is -2.43. The Kier molecular flexibility index (Phi) is 5.45. The summed E-state index contributed by atoms with van der Waals surface area (Å²) in [4.78, 5) is 11.6. The Morgan fingerprint density at radius 3 is 2.67 bits per heavy atom. The minimum Gasteiger partial charge on any atom is -0.482 e. The normalized spacial score (nSPS) is 12.2. The molecule has 5 heteroatoms. The van der Waals surface area contributed by atoms with Crippen LogP contribution in [0.3, 0.4) is 0 Å². The number of nitrogens with two attached hydrogens (primary N) is 1. The highest BCUT2D eigenvalue weighted by Gasteiger charge is 2.15. The summed E-state index contributed by atoms with van der Waals surface area (Å²) in [5.41, 5.74) is 6.18. The maximum Gasteiger partial charge on any atom is 0.258 e. The number of aliphatic hydroxyl groups is 1. The first-order chi connectivity index (χ1) is 8.54. The Hall–Kier alpha value is -1.75. The van der Waals surface area contributed by atoms with Crippen molar-refractivity contribution in [3.8, 4) is 5.75 Å². The molecule has 0 saturated carbocycles. The molecule has 0 aliphatic heterocycles. The number of para-hydroxylation sites is 2. The summed E-state index contributed by atoms with van der Waals surface area (Å²) in [5, 5.41) is 11.8. The van der Waals surface area contributed by atoms with Crippen molar-refractivity contribution in [1.29, 1.82) is 0 Å². The van der Waals surface area contributed by atoms with Crippen LogP contribution in [0.15, 0.2) is 24.3 Å². The van der Waals surface area contributed by atoms with Gasteiger partial charge in [-0.15, -0.1) is 0 Å². The van der Waals surface area contributed by atoms with Gasteiger partial charge in [0.2, 0.25) is 0 Å². The summed E-state index contributed by atoms with van der Waals surface area (Å²) in [6, 6.07) is 6.73. The Bertz CT molecular complexity index is 394. The van der Waals surface area contributed by atoms with Crippen molar-refractivity contribution in [1.82, 2.24) is 5.32 Å². The summed E-state index contributed by atoms with van der Waals surface area (Å²) in [7, 11) is 0. The molecule has 1 unspecified atom stereocenters. The summed E-state index contributed by atoms with van der Waals surface area (Å²) in [6.45, 7) is 3.66. The van der Waals surface area contributed by atoms with Crippen molar-refractivity contribution in [2.24, 2.45) is 5.92 Å². The van der Waals surface area contributed by atoms with Crippen LogP contribution in [0.4, 0.5) is 5.69 Å². The molecule has 5 nitrogen and oxygen atoms in total. The van der Waals surface area contributed by atoms with Crippen LogP contribution < -0.4 is 15.8 Å². The first-order valence-electron chi connectivity index (χ1n) is 5.92. The van der Waals surface area contributed by atoms with Gasteiger partial charge in [-0.3, -0.25) is 4.79 Å². The molecule has 0 heterocycles. The quantitative estimate of drug-likeness (QED) is 0.653. The SMILES string of the molecule is CC(C)C(CO)NC(=O)COc1ccccc1N. The number of hydrogen-bond acceptors (Lipinski definition) is 4. The van der Waals surface area contributed by atoms with Gasteiger partial charge >= 0.3 is 0 Å². The first-order valence-corrected chi connectivity index (χ1v) is 5.92. The molecule has 0 spiro atoms. The Labute approximate surface area is 107 Å². The highest BCUT2D eigenvalue weighted by Crippen LogP contribution is 2.19. The third-order valence-electron chi connectivity index (χ3n) is 2.63. The summed E-state index contributed by atoms with van der Waals surface area (Å²) >= 11 is 0. The number of amides is 1. The predicted molar refractivity (Wildman–Crippen MR) is 70.2 cm³/mol. The van der Waals surface area contributed by atoms with Crippen molar-refractivity contribution in [3.05, 3.63) is 24.3 Å². The van der Waals surface area contributed by atoms with Gasteiger partial charge in [0.15, 0.2) is 6.61 Å². The van der Waals surface area contributed by atoms with Crippen molar-refractivity contribution < 1.29 is 14.6 Å². The number of ether oxygens (including phenoxy) is 1. The van der Waals surface area contributed by atoms with Crippen LogP contribution in [0.25, 0.3) is 0 Å². The van der Waals surface area contributed by atoms with E-state index >= 15 is 0 Å². The minimum atomic E-state index is -0.272. The van der Waals surface area contributed by atoms with Gasteiger partial charge in [-0.1, -0.05) is 26.0 Å². The van der Waals surface area contributed by atoms with Gasteiger partial charge in [-0.25, -0.2) is 0 Å². The van der Waals surface area contributed by atoms with Gasteiger partial charge < -0.3 is 20.9 Å². The molecule has 4 N–H and O–H groups in total. The van der Waals surface area contributed by atoms with Crippen molar-refractivity contribution in [2.45, 2.75) is 19.9 Å². The Morgan fingerprint density at radius 2 is 2.11 bits per heavy atom. The third kappa shape index (κ3) is 4.25. The molecule has 1 amide bonds. The van der Waals surface area contributed by atoms with Crippen LogP contribution in [0.5, 0.6) is 5.75 Å². The summed E-state index contributed by atoms with van der Waals surface area (Å²) in [5.74, 6) is 0.379. The van der Waals surface area contributed by atoms with Crippen molar-refractivity contribution in [3.63, 3.8) is 0 Å². The number of carbonyl (C=O) groups is 1. The lowest BCUT2D eigenvalue weighted by atomic mass is 10.1. The standard InChI is InChI=1S/C13H20N2O3/c1-9(2)11(7-16)15-13(17)8-18-12-6-4-3-5-10(12)14/h3-6,9,11,16H,7-8,14H2,1-2H3,(H,15,17). The fraction of sp³-hybridized carbons (Fsp3) is 0.462. The smallest absolute Gasteiger partial charge is 0.258 e. The van der Waals surface area contributed by atoms with Crippen LogP contribution in [-0.2, 0) is 4.79 Å². The molecule has 100 valence electrons. The first kappa shape index (κ1) is 14.3. The number of aliphatic hydroxyl groups excluding tert-OH is 1. The van der Waals surface area contributed by atoms with Gasteiger partial charge in [-0.05, 0) is 18.1 Å². The monoisotopic (exact) mass is 252 g/mol. The number of carbonyl (C=O) groups excluding carboxylic acids is 1. The number of nitrogens with one attached hydrogen (secondary N) is 1. The van der Waals surface area contributed by atoms with E-state index in [-0.39, 0.29) is 31.1 Å². The summed E-state index contributed by atoms with van der Waals surface area (Å²) < 4.78 is 5.31. The molecular formula is C13H20N2O3. The molecule has 1 aromatic rings. The zero-order valence-electron chi connectivity index (χ0n) is 10.7. The number of benzene rings is 1. The maximum atomic E-state index is 11.6. The third-order valence-corrected chi connectivity index (χ3v) is 2.63. The van der Waals surface area contributed by atoms with E-state index in [2.05, 4.69) is 5.32 Å². The molecule has 1 atom stereocenters. The molecular weight excluding hydrogens is 232 g/mol. The van der Waals surface area contributed by atoms with Gasteiger partial charge in [0.25, 0.3) is 5.91 Å². The molecule has 0 aromatic heterocycles. The Balaban J connectivity index is 2.44. The van der Waals surface area contributed by atoms with E-state index in [1.807, 2.05) is 13.8 Å². The number of hydrogen-bond donors (Lipinski definition) is 3. The highest BCUT2D eigenvalue weighted by molar-refractivity contribution is 5.78. The predicted octanol–water partition coefficient (Wildman–Crippen LogP) is 0.781. The van der Waals surface area contributed by atoms with E-state index in [9.17, 15) is 4.79 Å². The second-order valence-electron chi connectivity index (χ2n) is 4.43. The van der Waals surface area contributed by atoms with Crippen LogP contribution in [0.2, 0.25) is 0 Å². The molecule has 0 saturated heterocycles. The zero-order valence-corrected chi connectivity index (χ0v) is 10.7. The van der Waals surface area contributed by atoms with Crippen LogP contribution in [0.1, 0.15) is 13.8 Å². The van der Waals surface area contributed by atoms with Crippen LogP contribution >= 0.6 is 0 Å². The summed E-state index contributed by atoms with van der Waals surface area (Å²) in [6.07, 6.45) is 0.